The van der Waals surface area contributed by atoms with Crippen molar-refractivity contribution in [3.05, 3.63) is 64.5 Å². The minimum atomic E-state index is -4.16. The number of methoxy groups -OCH3 is 3. The Bertz CT molecular complexity index is 1380. The van der Waals surface area contributed by atoms with E-state index in [9.17, 15) is 18.0 Å². The van der Waals surface area contributed by atoms with E-state index in [-0.39, 0.29) is 16.3 Å². The smallest absolute Gasteiger partial charge is 0.341 e. The fourth-order valence-corrected chi connectivity index (χ4v) is 6.86. The summed E-state index contributed by atoms with van der Waals surface area (Å²) in [6, 6.07) is 12.5. The largest absolute Gasteiger partial charge is 0.497 e. The number of carbonyl (C=O) groups is 2. The summed E-state index contributed by atoms with van der Waals surface area (Å²) in [6.45, 7) is -0.552. The van der Waals surface area contributed by atoms with Gasteiger partial charge < -0.3 is 19.5 Å². The van der Waals surface area contributed by atoms with Gasteiger partial charge in [0.05, 0.1) is 37.5 Å². The highest BCUT2D eigenvalue weighted by molar-refractivity contribution is 7.92. The molecule has 36 heavy (non-hydrogen) atoms. The molecule has 0 saturated heterocycles. The predicted molar refractivity (Wildman–Crippen MR) is 137 cm³/mol. The van der Waals surface area contributed by atoms with Gasteiger partial charge in [0.2, 0.25) is 5.91 Å². The zero-order valence-corrected chi connectivity index (χ0v) is 21.7. The van der Waals surface area contributed by atoms with E-state index in [1.807, 2.05) is 0 Å². The number of anilines is 2. The van der Waals surface area contributed by atoms with Gasteiger partial charge in [-0.3, -0.25) is 9.10 Å². The molecule has 3 aromatic rings. The first-order valence-electron chi connectivity index (χ1n) is 11.1. The van der Waals surface area contributed by atoms with Crippen LogP contribution in [0.3, 0.4) is 0 Å². The number of hydrogen-bond acceptors (Lipinski definition) is 8. The molecule has 2 aromatic carbocycles. The lowest BCUT2D eigenvalue weighted by Crippen LogP contribution is -2.38. The van der Waals surface area contributed by atoms with E-state index in [1.165, 1.54) is 50.9 Å². The molecule has 0 aliphatic heterocycles. The monoisotopic (exact) mass is 530 g/mol. The number of sulfonamides is 1. The van der Waals surface area contributed by atoms with Crippen LogP contribution in [0.4, 0.5) is 10.7 Å². The van der Waals surface area contributed by atoms with Crippen LogP contribution in [0.15, 0.2) is 53.4 Å². The quantitative estimate of drug-likeness (QED) is 0.418. The minimum Gasteiger partial charge on any atom is -0.497 e. The maximum atomic E-state index is 13.7. The Kier molecular flexibility index (Phi) is 7.51. The fourth-order valence-electron chi connectivity index (χ4n) is 4.12. The number of thiophene rings is 1. The number of rotatable bonds is 9. The molecule has 0 unspecified atom stereocenters. The maximum Gasteiger partial charge on any atom is 0.341 e. The highest BCUT2D eigenvalue weighted by atomic mass is 32.2. The van der Waals surface area contributed by atoms with Crippen molar-refractivity contribution in [2.45, 2.75) is 24.2 Å². The number of hydrogen-bond donors (Lipinski definition) is 1. The van der Waals surface area contributed by atoms with Gasteiger partial charge in [0.25, 0.3) is 10.0 Å². The summed E-state index contributed by atoms with van der Waals surface area (Å²) in [4.78, 5) is 26.8. The number of esters is 1. The third kappa shape index (κ3) is 4.89. The lowest BCUT2D eigenvalue weighted by Gasteiger charge is -2.26. The molecule has 1 amide bonds. The van der Waals surface area contributed by atoms with Crippen LogP contribution in [0.1, 0.15) is 27.2 Å². The number of nitrogens with zero attached hydrogens (tertiary/aromatic N) is 1. The molecule has 11 heteroatoms. The molecular weight excluding hydrogens is 504 g/mol. The first-order chi connectivity index (χ1) is 17.3. The number of aryl methyl sites for hydroxylation is 1. The second-order valence-electron chi connectivity index (χ2n) is 7.96. The first kappa shape index (κ1) is 25.5. The van der Waals surface area contributed by atoms with Crippen molar-refractivity contribution in [2.75, 3.05) is 37.5 Å². The molecule has 1 aromatic heterocycles. The second-order valence-corrected chi connectivity index (χ2v) is 10.9. The second kappa shape index (κ2) is 10.6. The number of ether oxygens (including phenoxy) is 3. The molecule has 4 rings (SSSR count). The van der Waals surface area contributed by atoms with Gasteiger partial charge in [-0.2, -0.15) is 0 Å². The Hall–Kier alpha value is -3.57. The molecule has 0 spiro atoms. The molecule has 0 fully saturated rings. The molecule has 0 bridgehead atoms. The SMILES string of the molecule is COC(=O)c1c(NC(=O)CN(c2ccc(OC)cc2OC)S(=O)(=O)c2ccccc2)sc2c1CCC2. The Morgan fingerprint density at radius 1 is 1.03 bits per heavy atom. The molecule has 1 aliphatic rings. The van der Waals surface area contributed by atoms with E-state index in [2.05, 4.69) is 5.32 Å². The van der Waals surface area contributed by atoms with Crippen LogP contribution in [0, 0.1) is 0 Å². The number of nitrogens with one attached hydrogen (secondary N) is 1. The Morgan fingerprint density at radius 2 is 1.78 bits per heavy atom. The van der Waals surface area contributed by atoms with Crippen LogP contribution in [-0.4, -0.2) is 48.2 Å². The van der Waals surface area contributed by atoms with E-state index in [0.717, 1.165) is 34.0 Å². The van der Waals surface area contributed by atoms with Crippen molar-refractivity contribution >= 4 is 43.9 Å². The lowest BCUT2D eigenvalue weighted by molar-refractivity contribution is -0.114. The van der Waals surface area contributed by atoms with Gasteiger partial charge in [0.1, 0.15) is 23.0 Å². The average Bonchev–Trinajstić information content (AvgIpc) is 3.48. The van der Waals surface area contributed by atoms with Crippen molar-refractivity contribution < 1.29 is 32.2 Å². The van der Waals surface area contributed by atoms with Crippen LogP contribution in [0.5, 0.6) is 11.5 Å². The van der Waals surface area contributed by atoms with E-state index in [0.29, 0.717) is 16.3 Å². The Morgan fingerprint density at radius 3 is 2.44 bits per heavy atom. The van der Waals surface area contributed by atoms with Gasteiger partial charge >= 0.3 is 5.97 Å². The molecule has 1 aliphatic carbocycles. The topological polar surface area (TPSA) is 111 Å². The standard InChI is InChI=1S/C25H26N2O7S2/c1-32-16-12-13-19(20(14-16)33-2)27(36(30,31)17-8-5-4-6-9-17)15-22(28)26-24-23(25(29)34-3)18-10-7-11-21(18)35-24/h4-6,8-9,12-14H,7,10-11,15H2,1-3H3,(H,26,28). The summed E-state index contributed by atoms with van der Waals surface area (Å²) in [6.07, 6.45) is 2.47. The fraction of sp³-hybridized carbons (Fsp3) is 0.280. The summed E-state index contributed by atoms with van der Waals surface area (Å²) < 4.78 is 43.9. The van der Waals surface area contributed by atoms with Crippen molar-refractivity contribution in [3.8, 4) is 11.5 Å². The van der Waals surface area contributed by atoms with Gasteiger partial charge in [-0.1, -0.05) is 18.2 Å². The molecular formula is C25H26N2O7S2. The summed E-state index contributed by atoms with van der Waals surface area (Å²) >= 11 is 1.32. The number of benzene rings is 2. The molecule has 1 N–H and O–H groups in total. The molecule has 0 atom stereocenters. The highest BCUT2D eigenvalue weighted by Crippen LogP contribution is 2.40. The van der Waals surface area contributed by atoms with Crippen LogP contribution in [0.25, 0.3) is 0 Å². The number of carbonyl (C=O) groups excluding carboxylic acids is 2. The first-order valence-corrected chi connectivity index (χ1v) is 13.4. The van der Waals surface area contributed by atoms with E-state index >= 15 is 0 Å². The number of fused-ring (bicyclic) bond motifs is 1. The molecule has 190 valence electrons. The van der Waals surface area contributed by atoms with Crippen molar-refractivity contribution in [2.24, 2.45) is 0 Å². The summed E-state index contributed by atoms with van der Waals surface area (Å²) in [5.74, 6) is -0.465. The Balaban J connectivity index is 1.72. The zero-order valence-electron chi connectivity index (χ0n) is 20.1. The third-order valence-electron chi connectivity index (χ3n) is 5.84. The highest BCUT2D eigenvalue weighted by Gasteiger charge is 2.32. The summed E-state index contributed by atoms with van der Waals surface area (Å²) in [7, 11) is 0.0190. The minimum absolute atomic E-state index is 0.0148. The van der Waals surface area contributed by atoms with E-state index in [4.69, 9.17) is 14.2 Å². The van der Waals surface area contributed by atoms with Gasteiger partial charge in [0, 0.05) is 10.9 Å². The zero-order chi connectivity index (χ0) is 25.9. The van der Waals surface area contributed by atoms with Crippen LogP contribution >= 0.6 is 11.3 Å². The van der Waals surface area contributed by atoms with E-state index in [1.54, 1.807) is 30.3 Å². The van der Waals surface area contributed by atoms with Crippen molar-refractivity contribution in [1.29, 1.82) is 0 Å². The van der Waals surface area contributed by atoms with Crippen LogP contribution < -0.4 is 19.1 Å². The average molecular weight is 531 g/mol. The van der Waals surface area contributed by atoms with Crippen LogP contribution in [0.2, 0.25) is 0 Å². The summed E-state index contributed by atoms with van der Waals surface area (Å²) in [5, 5.41) is 3.10. The maximum absolute atomic E-state index is 13.7. The van der Waals surface area contributed by atoms with Gasteiger partial charge in [-0.15, -0.1) is 11.3 Å². The van der Waals surface area contributed by atoms with Crippen molar-refractivity contribution in [3.63, 3.8) is 0 Å². The third-order valence-corrected chi connectivity index (χ3v) is 8.82. The molecule has 9 nitrogen and oxygen atoms in total. The van der Waals surface area contributed by atoms with E-state index < -0.39 is 28.4 Å². The van der Waals surface area contributed by atoms with Crippen LogP contribution in [-0.2, 0) is 32.4 Å². The molecule has 0 radical (unpaired) electrons. The normalized spacial score (nSPS) is 12.5. The Labute approximate surface area is 213 Å². The number of amides is 1. The predicted octanol–water partition coefficient (Wildman–Crippen LogP) is 3.87. The molecule has 0 saturated carbocycles. The lowest BCUT2D eigenvalue weighted by atomic mass is 10.1. The summed E-state index contributed by atoms with van der Waals surface area (Å²) in [5.41, 5.74) is 1.38. The van der Waals surface area contributed by atoms with Gasteiger partial charge in [0.15, 0.2) is 0 Å². The van der Waals surface area contributed by atoms with Gasteiger partial charge in [-0.05, 0) is 49.1 Å². The molecule has 1 heterocycles. The van der Waals surface area contributed by atoms with Gasteiger partial charge in [-0.25, -0.2) is 13.2 Å². The van der Waals surface area contributed by atoms with Crippen molar-refractivity contribution in [1.82, 2.24) is 0 Å².